The normalized spacial score (nSPS) is 15.1. The van der Waals surface area contributed by atoms with Crippen LogP contribution in [0, 0.1) is 5.92 Å². The van der Waals surface area contributed by atoms with E-state index in [2.05, 4.69) is 25.9 Å². The summed E-state index contributed by atoms with van der Waals surface area (Å²) in [5.74, 6) is -7.09. The maximum absolute atomic E-state index is 12.9. The zero-order valence-corrected chi connectivity index (χ0v) is 19.3. The number of carboxylic acids is 2. The first-order chi connectivity index (χ1) is 16.3. The molecule has 1 aromatic heterocycles. The first-order valence-electron chi connectivity index (χ1n) is 10.7. The van der Waals surface area contributed by atoms with E-state index in [1.165, 1.54) is 12.5 Å². The van der Waals surface area contributed by atoms with Crippen LogP contribution in [0.15, 0.2) is 12.5 Å². The van der Waals surface area contributed by atoms with Crippen LogP contribution in [-0.4, -0.2) is 79.9 Å². The number of nitrogens with two attached hydrogens (primary N) is 2. The van der Waals surface area contributed by atoms with Crippen LogP contribution in [0.2, 0.25) is 0 Å². The molecule has 1 rings (SSSR count). The minimum absolute atomic E-state index is 0.0643. The summed E-state index contributed by atoms with van der Waals surface area (Å²) in [6.07, 6.45) is 1.82. The summed E-state index contributed by atoms with van der Waals surface area (Å²) in [6.45, 7) is 3.31. The number of nitrogens with one attached hydrogen (secondary N) is 4. The predicted molar refractivity (Wildman–Crippen MR) is 119 cm³/mol. The molecule has 0 aliphatic rings. The summed E-state index contributed by atoms with van der Waals surface area (Å²) in [4.78, 5) is 78.4. The molecule has 0 saturated heterocycles. The number of H-pyrrole nitrogens is 1. The molecule has 0 spiro atoms. The molecular weight excluding hydrogens is 466 g/mol. The van der Waals surface area contributed by atoms with E-state index in [1.54, 1.807) is 13.8 Å². The zero-order valence-electron chi connectivity index (χ0n) is 19.3. The van der Waals surface area contributed by atoms with Crippen LogP contribution in [0.5, 0.6) is 0 Å². The van der Waals surface area contributed by atoms with Gasteiger partial charge in [-0.2, -0.15) is 0 Å². The predicted octanol–water partition coefficient (Wildman–Crippen LogP) is -2.79. The molecule has 10 N–H and O–H groups in total. The Bertz CT molecular complexity index is 921. The SMILES string of the molecule is CCC(C)C(NC(=O)C(CC(N)=O)NC(=O)C(N)Cc1cnc[nH]1)C(=O)NC(CC(=O)O)C(=O)O. The molecule has 0 saturated carbocycles. The highest BCUT2D eigenvalue weighted by Crippen LogP contribution is 2.10. The molecule has 5 unspecified atom stereocenters. The fourth-order valence-corrected chi connectivity index (χ4v) is 3.01. The van der Waals surface area contributed by atoms with Gasteiger partial charge in [0.15, 0.2) is 0 Å². The number of hydrogen-bond donors (Lipinski definition) is 8. The van der Waals surface area contributed by atoms with Crippen molar-refractivity contribution in [3.05, 3.63) is 18.2 Å². The van der Waals surface area contributed by atoms with Gasteiger partial charge in [0.2, 0.25) is 23.6 Å². The average Bonchev–Trinajstić information content (AvgIpc) is 3.27. The monoisotopic (exact) mass is 497 g/mol. The van der Waals surface area contributed by atoms with Crippen molar-refractivity contribution in [1.82, 2.24) is 25.9 Å². The molecule has 4 amide bonds. The molecule has 0 aliphatic heterocycles. The van der Waals surface area contributed by atoms with Crippen LogP contribution >= 0.6 is 0 Å². The van der Waals surface area contributed by atoms with E-state index in [1.807, 2.05) is 0 Å². The zero-order chi connectivity index (χ0) is 26.7. The highest BCUT2D eigenvalue weighted by Gasteiger charge is 2.34. The fraction of sp³-hybridized carbons (Fsp3) is 0.550. The van der Waals surface area contributed by atoms with Gasteiger partial charge in [0.25, 0.3) is 0 Å². The maximum Gasteiger partial charge on any atom is 0.326 e. The summed E-state index contributed by atoms with van der Waals surface area (Å²) in [5, 5.41) is 24.9. The van der Waals surface area contributed by atoms with Gasteiger partial charge in [-0.05, 0) is 5.92 Å². The number of carbonyl (C=O) groups excluding carboxylic acids is 4. The third-order valence-electron chi connectivity index (χ3n) is 5.16. The molecule has 5 atom stereocenters. The smallest absolute Gasteiger partial charge is 0.326 e. The molecule has 35 heavy (non-hydrogen) atoms. The highest BCUT2D eigenvalue weighted by atomic mass is 16.4. The van der Waals surface area contributed by atoms with E-state index in [4.69, 9.17) is 16.6 Å². The Morgan fingerprint density at radius 2 is 1.63 bits per heavy atom. The number of carbonyl (C=O) groups is 6. The number of rotatable bonds is 15. The van der Waals surface area contributed by atoms with E-state index in [0.29, 0.717) is 12.1 Å². The molecule has 15 nitrogen and oxygen atoms in total. The van der Waals surface area contributed by atoms with Gasteiger partial charge in [0.1, 0.15) is 18.1 Å². The van der Waals surface area contributed by atoms with Crippen molar-refractivity contribution in [3.8, 4) is 0 Å². The minimum Gasteiger partial charge on any atom is -0.481 e. The van der Waals surface area contributed by atoms with E-state index >= 15 is 0 Å². The van der Waals surface area contributed by atoms with Gasteiger partial charge in [0.05, 0.1) is 25.2 Å². The van der Waals surface area contributed by atoms with Crippen molar-refractivity contribution in [2.45, 2.75) is 63.7 Å². The summed E-state index contributed by atoms with van der Waals surface area (Å²) in [6, 6.07) is -5.60. The van der Waals surface area contributed by atoms with E-state index < -0.39 is 78.5 Å². The van der Waals surface area contributed by atoms with Crippen molar-refractivity contribution in [3.63, 3.8) is 0 Å². The molecule has 0 fully saturated rings. The Labute approximate surface area is 200 Å². The summed E-state index contributed by atoms with van der Waals surface area (Å²) >= 11 is 0. The lowest BCUT2D eigenvalue weighted by atomic mass is 9.97. The van der Waals surface area contributed by atoms with Crippen LogP contribution < -0.4 is 27.4 Å². The van der Waals surface area contributed by atoms with Gasteiger partial charge in [-0.1, -0.05) is 20.3 Å². The number of aromatic nitrogens is 2. The van der Waals surface area contributed by atoms with E-state index in [-0.39, 0.29) is 6.42 Å². The van der Waals surface area contributed by atoms with Crippen molar-refractivity contribution in [2.75, 3.05) is 0 Å². The number of carboxylic acid groups (broad SMARTS) is 2. The van der Waals surface area contributed by atoms with E-state index in [0.717, 1.165) is 0 Å². The molecule has 1 heterocycles. The Morgan fingerprint density at radius 1 is 1.00 bits per heavy atom. The number of aromatic amines is 1. The minimum atomic E-state index is -1.73. The summed E-state index contributed by atoms with van der Waals surface area (Å²) < 4.78 is 0. The maximum atomic E-state index is 12.9. The Morgan fingerprint density at radius 3 is 2.11 bits per heavy atom. The van der Waals surface area contributed by atoms with Gasteiger partial charge in [-0.3, -0.25) is 24.0 Å². The number of hydrogen-bond acceptors (Lipinski definition) is 8. The first-order valence-corrected chi connectivity index (χ1v) is 10.7. The molecule has 0 aromatic carbocycles. The Balaban J connectivity index is 2.99. The van der Waals surface area contributed by atoms with Crippen LogP contribution in [0.4, 0.5) is 0 Å². The average molecular weight is 498 g/mol. The first kappa shape index (κ1) is 29.0. The van der Waals surface area contributed by atoms with Crippen LogP contribution in [0.1, 0.15) is 38.8 Å². The summed E-state index contributed by atoms with van der Waals surface area (Å²) in [5.41, 5.74) is 11.6. The topological polar surface area (TPSA) is 260 Å². The molecule has 15 heteroatoms. The van der Waals surface area contributed by atoms with Gasteiger partial charge < -0.3 is 42.6 Å². The second-order valence-electron chi connectivity index (χ2n) is 7.99. The third kappa shape index (κ3) is 9.79. The van der Waals surface area contributed by atoms with Crippen molar-refractivity contribution in [2.24, 2.45) is 17.4 Å². The highest BCUT2D eigenvalue weighted by molar-refractivity contribution is 5.96. The third-order valence-corrected chi connectivity index (χ3v) is 5.16. The number of amides is 4. The molecular formula is C20H31N7O8. The van der Waals surface area contributed by atoms with Gasteiger partial charge in [0, 0.05) is 18.3 Å². The van der Waals surface area contributed by atoms with Crippen LogP contribution in [0.3, 0.4) is 0 Å². The summed E-state index contributed by atoms with van der Waals surface area (Å²) in [7, 11) is 0. The van der Waals surface area contributed by atoms with Crippen LogP contribution in [-0.2, 0) is 35.2 Å². The number of primary amides is 1. The largest absolute Gasteiger partial charge is 0.481 e. The Kier molecular flexibility index (Phi) is 11.3. The molecule has 0 aliphatic carbocycles. The Hall–Kier alpha value is -4.01. The molecule has 0 bridgehead atoms. The number of imidazole rings is 1. The van der Waals surface area contributed by atoms with Crippen molar-refractivity contribution < 1.29 is 39.0 Å². The fourth-order valence-electron chi connectivity index (χ4n) is 3.01. The lowest BCUT2D eigenvalue weighted by Gasteiger charge is -2.27. The van der Waals surface area contributed by atoms with Gasteiger partial charge in [-0.25, -0.2) is 9.78 Å². The second kappa shape index (κ2) is 13.6. The van der Waals surface area contributed by atoms with Crippen LogP contribution in [0.25, 0.3) is 0 Å². The van der Waals surface area contributed by atoms with Crippen molar-refractivity contribution in [1.29, 1.82) is 0 Å². The number of nitrogens with zero attached hydrogens (tertiary/aromatic N) is 1. The lowest BCUT2D eigenvalue weighted by Crippen LogP contribution is -2.59. The van der Waals surface area contributed by atoms with E-state index in [9.17, 15) is 33.9 Å². The molecule has 1 aromatic rings. The number of aliphatic carboxylic acids is 2. The van der Waals surface area contributed by atoms with Gasteiger partial charge in [-0.15, -0.1) is 0 Å². The standard InChI is InChI=1S/C20H31N7O8/c1-3-9(2)16(19(33)26-13(20(34)35)6-15(29)30)27-18(32)12(5-14(22)28)25-17(31)11(21)4-10-7-23-8-24-10/h7-9,11-13,16H,3-6,21H2,1-2H3,(H2,22,28)(H,23,24)(H,25,31)(H,26,33)(H,27,32)(H,29,30)(H,34,35). The van der Waals surface area contributed by atoms with Crippen molar-refractivity contribution >= 4 is 35.6 Å². The quantitative estimate of drug-likeness (QED) is 0.123. The lowest BCUT2D eigenvalue weighted by molar-refractivity contribution is -0.147. The molecule has 0 radical (unpaired) electrons. The second-order valence-corrected chi connectivity index (χ2v) is 7.99. The molecule has 194 valence electrons. The van der Waals surface area contributed by atoms with Gasteiger partial charge >= 0.3 is 11.9 Å².